The summed E-state index contributed by atoms with van der Waals surface area (Å²) in [7, 11) is 2.17. The molecule has 2 nitrogen and oxygen atoms in total. The summed E-state index contributed by atoms with van der Waals surface area (Å²) in [6.07, 6.45) is 0. The summed E-state index contributed by atoms with van der Waals surface area (Å²) in [5, 5.41) is 0.906. The topological polar surface area (TPSA) is 6.48 Å². The number of hydrogen-bond donors (Lipinski definition) is 0. The highest BCUT2D eigenvalue weighted by Gasteiger charge is 2.19. The highest BCUT2D eigenvalue weighted by Crippen LogP contribution is 2.33. The van der Waals surface area contributed by atoms with Gasteiger partial charge in [-0.3, -0.25) is 0 Å². The van der Waals surface area contributed by atoms with Crippen LogP contribution >= 0.6 is 11.6 Å². The highest BCUT2D eigenvalue weighted by atomic mass is 35.5. The largest absolute Gasteiger partial charge is 0.368 e. The van der Waals surface area contributed by atoms with E-state index in [1.54, 1.807) is 0 Å². The van der Waals surface area contributed by atoms with Crippen molar-refractivity contribution in [3.8, 4) is 0 Å². The van der Waals surface area contributed by atoms with Gasteiger partial charge in [0.2, 0.25) is 0 Å². The quantitative estimate of drug-likeness (QED) is 0.808. The molecule has 1 aromatic rings. The van der Waals surface area contributed by atoms with E-state index in [9.17, 15) is 0 Å². The van der Waals surface area contributed by atoms with E-state index in [0.717, 1.165) is 31.2 Å². The summed E-state index contributed by atoms with van der Waals surface area (Å²) in [6, 6.07) is 4.41. The Balaban J connectivity index is 2.28. The fourth-order valence-corrected chi connectivity index (χ4v) is 2.92. The van der Waals surface area contributed by atoms with Gasteiger partial charge in [-0.25, -0.2) is 0 Å². The number of rotatable bonds is 2. The maximum Gasteiger partial charge on any atom is 0.0645 e. The Morgan fingerprint density at radius 1 is 1.11 bits per heavy atom. The number of piperazine rings is 1. The molecule has 0 radical (unpaired) electrons. The zero-order valence-corrected chi connectivity index (χ0v) is 12.6. The maximum absolute atomic E-state index is 6.49. The zero-order valence-electron chi connectivity index (χ0n) is 11.8. The van der Waals surface area contributed by atoms with Gasteiger partial charge in [0.05, 0.1) is 10.7 Å². The number of aryl methyl sites for hydroxylation is 1. The minimum Gasteiger partial charge on any atom is -0.368 e. The van der Waals surface area contributed by atoms with Crippen LogP contribution in [0.25, 0.3) is 0 Å². The minimum absolute atomic E-state index is 0.530. The third-order valence-electron chi connectivity index (χ3n) is 3.76. The monoisotopic (exact) mass is 266 g/mol. The van der Waals surface area contributed by atoms with Crippen molar-refractivity contribution in [3.63, 3.8) is 0 Å². The predicted octanol–water partition coefficient (Wildman–Crippen LogP) is 3.52. The van der Waals surface area contributed by atoms with Gasteiger partial charge in [0.25, 0.3) is 0 Å². The lowest BCUT2D eigenvalue weighted by molar-refractivity contribution is 0.312. The van der Waals surface area contributed by atoms with Gasteiger partial charge in [-0.1, -0.05) is 31.5 Å². The van der Waals surface area contributed by atoms with Crippen molar-refractivity contribution in [2.75, 3.05) is 38.1 Å². The SMILES string of the molecule is Cc1cc(C(C)C)cc(Cl)c1N1CCN(C)CC1. The molecule has 0 N–H and O–H groups in total. The second-order valence-corrected chi connectivity index (χ2v) is 6.02. The number of halogens is 1. The molecular formula is C15H23ClN2. The number of likely N-dealkylation sites (N-methyl/N-ethyl adjacent to an activating group) is 1. The number of hydrogen-bond acceptors (Lipinski definition) is 2. The van der Waals surface area contributed by atoms with Crippen molar-refractivity contribution in [2.24, 2.45) is 0 Å². The van der Waals surface area contributed by atoms with E-state index in [1.807, 2.05) is 0 Å². The lowest BCUT2D eigenvalue weighted by Gasteiger charge is -2.35. The van der Waals surface area contributed by atoms with Gasteiger partial charge in [-0.2, -0.15) is 0 Å². The molecule has 1 heterocycles. The molecule has 0 saturated carbocycles. The molecule has 0 spiro atoms. The lowest BCUT2D eigenvalue weighted by atomic mass is 9.99. The molecule has 1 saturated heterocycles. The van der Waals surface area contributed by atoms with E-state index in [0.29, 0.717) is 5.92 Å². The fourth-order valence-electron chi connectivity index (χ4n) is 2.53. The standard InChI is InChI=1S/C15H23ClN2/c1-11(2)13-9-12(3)15(14(16)10-13)18-7-5-17(4)6-8-18/h9-11H,5-8H2,1-4H3. The average Bonchev–Trinajstić information content (AvgIpc) is 2.30. The second kappa shape index (κ2) is 5.50. The molecule has 1 aromatic carbocycles. The molecule has 0 bridgehead atoms. The van der Waals surface area contributed by atoms with E-state index in [-0.39, 0.29) is 0 Å². The molecule has 0 aromatic heterocycles. The summed E-state index contributed by atoms with van der Waals surface area (Å²) in [6.45, 7) is 11.0. The Morgan fingerprint density at radius 2 is 1.72 bits per heavy atom. The third kappa shape index (κ3) is 2.81. The van der Waals surface area contributed by atoms with Gasteiger partial charge >= 0.3 is 0 Å². The molecule has 2 rings (SSSR count). The van der Waals surface area contributed by atoms with Crippen LogP contribution in [0.4, 0.5) is 5.69 Å². The van der Waals surface area contributed by atoms with Crippen LogP contribution in [-0.4, -0.2) is 38.1 Å². The molecule has 18 heavy (non-hydrogen) atoms. The van der Waals surface area contributed by atoms with E-state index in [2.05, 4.69) is 49.8 Å². The van der Waals surface area contributed by atoms with Crippen LogP contribution in [0.3, 0.4) is 0 Å². The average molecular weight is 267 g/mol. The Morgan fingerprint density at radius 3 is 2.22 bits per heavy atom. The Hall–Kier alpha value is -0.730. The highest BCUT2D eigenvalue weighted by molar-refractivity contribution is 6.33. The Labute approximate surface area is 116 Å². The first-order valence-electron chi connectivity index (χ1n) is 6.72. The number of anilines is 1. The minimum atomic E-state index is 0.530. The van der Waals surface area contributed by atoms with Gasteiger partial charge in [0, 0.05) is 26.2 Å². The first-order valence-corrected chi connectivity index (χ1v) is 7.10. The van der Waals surface area contributed by atoms with Crippen molar-refractivity contribution in [2.45, 2.75) is 26.7 Å². The fraction of sp³-hybridized carbons (Fsp3) is 0.600. The first kappa shape index (κ1) is 13.7. The van der Waals surface area contributed by atoms with Gasteiger partial charge in [-0.05, 0) is 37.1 Å². The molecule has 0 atom stereocenters. The van der Waals surface area contributed by atoms with E-state index in [1.165, 1.54) is 16.8 Å². The molecule has 0 aliphatic carbocycles. The normalized spacial score (nSPS) is 17.6. The number of benzene rings is 1. The van der Waals surface area contributed by atoms with Crippen LogP contribution in [-0.2, 0) is 0 Å². The Kier molecular flexibility index (Phi) is 4.18. The number of nitrogens with zero attached hydrogens (tertiary/aromatic N) is 2. The summed E-state index contributed by atoms with van der Waals surface area (Å²) in [5.41, 5.74) is 3.86. The van der Waals surface area contributed by atoms with Crippen molar-refractivity contribution in [3.05, 3.63) is 28.3 Å². The molecule has 100 valence electrons. The molecule has 0 unspecified atom stereocenters. The lowest BCUT2D eigenvalue weighted by Crippen LogP contribution is -2.44. The van der Waals surface area contributed by atoms with Crippen LogP contribution in [0.5, 0.6) is 0 Å². The molecule has 1 aliphatic heterocycles. The van der Waals surface area contributed by atoms with Crippen LogP contribution in [0.15, 0.2) is 12.1 Å². The second-order valence-electron chi connectivity index (χ2n) is 5.61. The first-order chi connectivity index (χ1) is 8.49. The van der Waals surface area contributed by atoms with Crippen LogP contribution in [0.2, 0.25) is 5.02 Å². The van der Waals surface area contributed by atoms with Crippen LogP contribution in [0, 0.1) is 6.92 Å². The molecular weight excluding hydrogens is 244 g/mol. The molecule has 1 fully saturated rings. The summed E-state index contributed by atoms with van der Waals surface area (Å²) >= 11 is 6.49. The van der Waals surface area contributed by atoms with Gasteiger partial charge in [0.1, 0.15) is 0 Å². The predicted molar refractivity (Wildman–Crippen MR) is 80.0 cm³/mol. The maximum atomic E-state index is 6.49. The smallest absolute Gasteiger partial charge is 0.0645 e. The van der Waals surface area contributed by atoms with E-state index in [4.69, 9.17) is 11.6 Å². The molecule has 0 amide bonds. The van der Waals surface area contributed by atoms with Crippen molar-refractivity contribution >= 4 is 17.3 Å². The zero-order chi connectivity index (χ0) is 13.3. The van der Waals surface area contributed by atoms with Crippen LogP contribution < -0.4 is 4.90 Å². The van der Waals surface area contributed by atoms with E-state index >= 15 is 0 Å². The van der Waals surface area contributed by atoms with Crippen LogP contribution in [0.1, 0.15) is 30.9 Å². The third-order valence-corrected chi connectivity index (χ3v) is 4.05. The van der Waals surface area contributed by atoms with E-state index < -0.39 is 0 Å². The van der Waals surface area contributed by atoms with Gasteiger partial charge < -0.3 is 9.80 Å². The van der Waals surface area contributed by atoms with Gasteiger partial charge in [0.15, 0.2) is 0 Å². The van der Waals surface area contributed by atoms with Gasteiger partial charge in [-0.15, -0.1) is 0 Å². The molecule has 1 aliphatic rings. The van der Waals surface area contributed by atoms with Crippen molar-refractivity contribution in [1.82, 2.24) is 4.90 Å². The van der Waals surface area contributed by atoms with Crippen molar-refractivity contribution < 1.29 is 0 Å². The molecule has 3 heteroatoms. The summed E-state index contributed by atoms with van der Waals surface area (Å²) in [5.74, 6) is 0.530. The Bertz CT molecular complexity index is 397. The van der Waals surface area contributed by atoms with Crippen molar-refractivity contribution in [1.29, 1.82) is 0 Å². The summed E-state index contributed by atoms with van der Waals surface area (Å²) in [4.78, 5) is 4.78. The summed E-state index contributed by atoms with van der Waals surface area (Å²) < 4.78 is 0.